The van der Waals surface area contributed by atoms with Crippen LogP contribution in [0.25, 0.3) is 0 Å². The quantitative estimate of drug-likeness (QED) is 0.443. The largest absolute Gasteiger partial charge is 0.300 e. The van der Waals surface area contributed by atoms with E-state index in [-0.39, 0.29) is 0 Å². The molecule has 1 heteroatoms. The Labute approximate surface area is 108 Å². The smallest absolute Gasteiger partial charge is 0.133 e. The van der Waals surface area contributed by atoms with E-state index in [1.165, 1.54) is 38.5 Å². The highest BCUT2D eigenvalue weighted by molar-refractivity contribution is 5.78. The first-order chi connectivity index (χ1) is 8.06. The van der Waals surface area contributed by atoms with Gasteiger partial charge in [-0.25, -0.2) is 0 Å². The van der Waals surface area contributed by atoms with Crippen LogP contribution in [-0.4, -0.2) is 5.78 Å². The maximum atomic E-state index is 11.7. The van der Waals surface area contributed by atoms with Crippen molar-refractivity contribution in [1.82, 2.24) is 0 Å². The standard InChI is InChI=1S/C16H32O/c1-5-6-7-8-9-10-11-16(17)13-15(4)12-14(2)3/h14-15H,5-13H2,1-4H3. The zero-order chi connectivity index (χ0) is 13.1. The van der Waals surface area contributed by atoms with E-state index in [0.717, 1.165) is 19.3 Å². The molecule has 0 radical (unpaired) electrons. The zero-order valence-electron chi connectivity index (χ0n) is 12.4. The fourth-order valence-corrected chi connectivity index (χ4v) is 2.48. The Hall–Kier alpha value is -0.330. The fraction of sp³-hybridized carbons (Fsp3) is 0.938. The lowest BCUT2D eigenvalue weighted by Crippen LogP contribution is -2.07. The Bertz CT molecular complexity index is 184. The normalized spacial score (nSPS) is 13.0. The summed E-state index contributed by atoms with van der Waals surface area (Å²) >= 11 is 0. The predicted molar refractivity (Wildman–Crippen MR) is 76.2 cm³/mol. The fourth-order valence-electron chi connectivity index (χ4n) is 2.48. The van der Waals surface area contributed by atoms with Gasteiger partial charge in [0.2, 0.25) is 0 Å². The van der Waals surface area contributed by atoms with Gasteiger partial charge in [0, 0.05) is 12.8 Å². The summed E-state index contributed by atoms with van der Waals surface area (Å²) in [5.41, 5.74) is 0. The van der Waals surface area contributed by atoms with Crippen molar-refractivity contribution in [3.63, 3.8) is 0 Å². The molecule has 17 heavy (non-hydrogen) atoms. The molecule has 0 fully saturated rings. The summed E-state index contributed by atoms with van der Waals surface area (Å²) in [7, 11) is 0. The number of hydrogen-bond donors (Lipinski definition) is 0. The minimum absolute atomic E-state index is 0.480. The number of Topliss-reactive ketones (excluding diaryl/α,β-unsaturated/α-hetero) is 1. The molecule has 0 aliphatic heterocycles. The molecule has 0 aromatic rings. The highest BCUT2D eigenvalue weighted by Crippen LogP contribution is 2.16. The van der Waals surface area contributed by atoms with E-state index in [1.54, 1.807) is 0 Å². The van der Waals surface area contributed by atoms with Gasteiger partial charge in [-0.3, -0.25) is 4.79 Å². The molecule has 0 bridgehead atoms. The molecule has 1 atom stereocenters. The van der Waals surface area contributed by atoms with Gasteiger partial charge in [0.05, 0.1) is 0 Å². The molecule has 0 aliphatic carbocycles. The first-order valence-corrected chi connectivity index (χ1v) is 7.58. The number of carbonyl (C=O) groups is 1. The molecule has 0 saturated heterocycles. The molecule has 0 amide bonds. The molecule has 0 heterocycles. The van der Waals surface area contributed by atoms with Crippen LogP contribution < -0.4 is 0 Å². The van der Waals surface area contributed by atoms with Crippen LogP contribution >= 0.6 is 0 Å². The summed E-state index contributed by atoms with van der Waals surface area (Å²) < 4.78 is 0. The maximum absolute atomic E-state index is 11.7. The third-order valence-electron chi connectivity index (χ3n) is 3.26. The monoisotopic (exact) mass is 240 g/mol. The van der Waals surface area contributed by atoms with Crippen LogP contribution in [0.4, 0.5) is 0 Å². The molecule has 0 aromatic heterocycles. The van der Waals surface area contributed by atoms with E-state index in [9.17, 15) is 4.79 Å². The lowest BCUT2D eigenvalue weighted by atomic mass is 9.93. The number of carbonyl (C=O) groups excluding carboxylic acids is 1. The van der Waals surface area contributed by atoms with Crippen LogP contribution in [-0.2, 0) is 4.79 Å². The van der Waals surface area contributed by atoms with Crippen LogP contribution in [0.15, 0.2) is 0 Å². The molecule has 102 valence electrons. The van der Waals surface area contributed by atoms with Gasteiger partial charge >= 0.3 is 0 Å². The van der Waals surface area contributed by atoms with Crippen molar-refractivity contribution in [2.75, 3.05) is 0 Å². The van der Waals surface area contributed by atoms with Gasteiger partial charge in [-0.05, 0) is 24.7 Å². The summed E-state index contributed by atoms with van der Waals surface area (Å²) in [6.45, 7) is 8.90. The van der Waals surface area contributed by atoms with E-state index in [2.05, 4.69) is 27.7 Å². The summed E-state index contributed by atoms with van der Waals surface area (Å²) in [5, 5.41) is 0. The average molecular weight is 240 g/mol. The van der Waals surface area contributed by atoms with Crippen LogP contribution in [0.5, 0.6) is 0 Å². The number of rotatable bonds is 11. The van der Waals surface area contributed by atoms with Gasteiger partial charge < -0.3 is 0 Å². The summed E-state index contributed by atoms with van der Waals surface area (Å²) in [6, 6.07) is 0. The highest BCUT2D eigenvalue weighted by atomic mass is 16.1. The van der Waals surface area contributed by atoms with Crippen LogP contribution in [0.1, 0.15) is 85.5 Å². The minimum Gasteiger partial charge on any atom is -0.300 e. The zero-order valence-corrected chi connectivity index (χ0v) is 12.4. The first-order valence-electron chi connectivity index (χ1n) is 7.58. The first kappa shape index (κ1) is 16.7. The molecule has 0 N–H and O–H groups in total. The van der Waals surface area contributed by atoms with Crippen molar-refractivity contribution in [3.8, 4) is 0 Å². The van der Waals surface area contributed by atoms with Crippen molar-refractivity contribution < 1.29 is 4.79 Å². The Morgan fingerprint density at radius 3 is 2.12 bits per heavy atom. The SMILES string of the molecule is CCCCCCCCC(=O)CC(C)CC(C)C. The van der Waals surface area contributed by atoms with Crippen molar-refractivity contribution in [2.45, 2.75) is 85.5 Å². The average Bonchev–Trinajstić information content (AvgIpc) is 2.21. The van der Waals surface area contributed by atoms with Crippen molar-refractivity contribution >= 4 is 5.78 Å². The van der Waals surface area contributed by atoms with Gasteiger partial charge in [-0.1, -0.05) is 59.8 Å². The summed E-state index contributed by atoms with van der Waals surface area (Å²) in [5.74, 6) is 1.77. The molecule has 1 nitrogen and oxygen atoms in total. The highest BCUT2D eigenvalue weighted by Gasteiger charge is 2.10. The van der Waals surface area contributed by atoms with Gasteiger partial charge in [0.25, 0.3) is 0 Å². The van der Waals surface area contributed by atoms with Gasteiger partial charge in [0.1, 0.15) is 5.78 Å². The molecule has 0 spiro atoms. The van der Waals surface area contributed by atoms with Gasteiger partial charge in [0.15, 0.2) is 0 Å². The Kier molecular flexibility index (Phi) is 10.6. The third-order valence-corrected chi connectivity index (χ3v) is 3.26. The van der Waals surface area contributed by atoms with Crippen LogP contribution in [0, 0.1) is 11.8 Å². The third kappa shape index (κ3) is 11.9. The number of unbranched alkanes of at least 4 members (excludes halogenated alkanes) is 5. The van der Waals surface area contributed by atoms with E-state index in [1.807, 2.05) is 0 Å². The second-order valence-electron chi connectivity index (χ2n) is 6.00. The summed E-state index contributed by atoms with van der Waals surface area (Å²) in [4.78, 5) is 11.7. The minimum atomic E-state index is 0.480. The Morgan fingerprint density at radius 2 is 1.53 bits per heavy atom. The van der Waals surface area contributed by atoms with E-state index in [0.29, 0.717) is 17.6 Å². The van der Waals surface area contributed by atoms with Crippen molar-refractivity contribution in [3.05, 3.63) is 0 Å². The van der Waals surface area contributed by atoms with Gasteiger partial charge in [-0.2, -0.15) is 0 Å². The van der Waals surface area contributed by atoms with Crippen molar-refractivity contribution in [1.29, 1.82) is 0 Å². The molecule has 0 saturated carbocycles. The summed E-state index contributed by atoms with van der Waals surface area (Å²) in [6.07, 6.45) is 10.4. The van der Waals surface area contributed by atoms with Crippen molar-refractivity contribution in [2.24, 2.45) is 11.8 Å². The second kappa shape index (κ2) is 10.8. The molecule has 0 aromatic carbocycles. The lowest BCUT2D eigenvalue weighted by Gasteiger charge is -2.12. The Morgan fingerprint density at radius 1 is 0.941 bits per heavy atom. The van der Waals surface area contributed by atoms with Gasteiger partial charge in [-0.15, -0.1) is 0 Å². The topological polar surface area (TPSA) is 17.1 Å². The van der Waals surface area contributed by atoms with Crippen LogP contribution in [0.3, 0.4) is 0 Å². The lowest BCUT2D eigenvalue weighted by molar-refractivity contribution is -0.120. The van der Waals surface area contributed by atoms with E-state index in [4.69, 9.17) is 0 Å². The van der Waals surface area contributed by atoms with E-state index >= 15 is 0 Å². The molecule has 0 aliphatic rings. The van der Waals surface area contributed by atoms with E-state index < -0.39 is 0 Å². The molecular formula is C16H32O. The maximum Gasteiger partial charge on any atom is 0.133 e. The molecular weight excluding hydrogens is 208 g/mol. The molecule has 0 rings (SSSR count). The number of ketones is 1. The van der Waals surface area contributed by atoms with Crippen LogP contribution in [0.2, 0.25) is 0 Å². The predicted octanol–water partition coefficient (Wildman–Crippen LogP) is 5.38. The Balaban J connectivity index is 3.40. The molecule has 1 unspecified atom stereocenters. The number of hydrogen-bond acceptors (Lipinski definition) is 1. The second-order valence-corrected chi connectivity index (χ2v) is 6.00.